The largest absolute Gasteiger partial charge is 0.396 e. The minimum atomic E-state index is -0.442. The number of nitrogens with zero attached hydrogens (tertiary/aromatic N) is 1. The Morgan fingerprint density at radius 2 is 2.16 bits per heavy atom. The predicted molar refractivity (Wildman–Crippen MR) is 83.5 cm³/mol. The van der Waals surface area contributed by atoms with Gasteiger partial charge in [-0.15, -0.1) is 0 Å². The normalized spacial score (nSPS) is 10.5. The molecule has 2 rings (SSSR count). The quantitative estimate of drug-likeness (QED) is 0.771. The van der Waals surface area contributed by atoms with Crippen molar-refractivity contribution in [2.24, 2.45) is 7.05 Å². The van der Waals surface area contributed by atoms with Crippen LogP contribution in [0, 0.1) is 9.39 Å². The first-order valence-corrected chi connectivity index (χ1v) is 6.72. The van der Waals surface area contributed by atoms with E-state index >= 15 is 0 Å². The predicted octanol–water partition coefficient (Wildman–Crippen LogP) is 3.11. The molecule has 0 aliphatic heterocycles. The van der Waals surface area contributed by atoms with Crippen molar-refractivity contribution in [3.8, 4) is 0 Å². The van der Waals surface area contributed by atoms with Gasteiger partial charge in [0.15, 0.2) is 0 Å². The number of hydrogen-bond acceptors (Lipinski definition) is 3. The maximum Gasteiger partial charge on any atom is 0.271 e. The average molecular weight is 394 g/mol. The maximum absolute atomic E-state index is 13.7. The first-order chi connectivity index (χ1) is 8.90. The third-order valence-corrected chi connectivity index (χ3v) is 3.56. The minimum Gasteiger partial charge on any atom is -0.396 e. The van der Waals surface area contributed by atoms with Crippen LogP contribution in [-0.4, -0.2) is 4.57 Å². The van der Waals surface area contributed by atoms with E-state index in [1.54, 1.807) is 19.2 Å². The highest BCUT2D eigenvalue weighted by Gasteiger charge is 2.13. The second-order valence-electron chi connectivity index (χ2n) is 3.94. The number of nitrogen functional groups attached to an aromatic ring is 1. The van der Waals surface area contributed by atoms with Crippen LogP contribution >= 0.6 is 34.2 Å². The lowest BCUT2D eigenvalue weighted by Crippen LogP contribution is -2.19. The van der Waals surface area contributed by atoms with Crippen molar-refractivity contribution < 1.29 is 4.39 Å². The smallest absolute Gasteiger partial charge is 0.271 e. The Bertz CT molecular complexity index is 702. The number of halogens is 3. The highest BCUT2D eigenvalue weighted by atomic mass is 127. The fraction of sp³-hybridized carbons (Fsp3) is 0.0833. The molecule has 1 aromatic heterocycles. The van der Waals surface area contributed by atoms with Crippen LogP contribution in [0.5, 0.6) is 0 Å². The van der Waals surface area contributed by atoms with Gasteiger partial charge in [-0.1, -0.05) is 11.6 Å². The SMILES string of the molecule is Cn1cc(N)c(Nc2ccc(I)cc2F)c(Cl)c1=O. The Morgan fingerprint density at radius 1 is 1.47 bits per heavy atom. The lowest BCUT2D eigenvalue weighted by Gasteiger charge is -2.13. The summed E-state index contributed by atoms with van der Waals surface area (Å²) in [6.07, 6.45) is 1.43. The first kappa shape index (κ1) is 14.1. The molecule has 0 fully saturated rings. The van der Waals surface area contributed by atoms with Crippen LogP contribution < -0.4 is 16.6 Å². The van der Waals surface area contributed by atoms with Crippen LogP contribution in [0.2, 0.25) is 5.02 Å². The topological polar surface area (TPSA) is 60.0 Å². The number of aromatic nitrogens is 1. The number of hydrogen-bond donors (Lipinski definition) is 2. The number of anilines is 3. The molecule has 0 saturated heterocycles. The van der Waals surface area contributed by atoms with Gasteiger partial charge >= 0.3 is 0 Å². The van der Waals surface area contributed by atoms with Gasteiger partial charge in [0, 0.05) is 16.8 Å². The molecule has 3 N–H and O–H groups in total. The van der Waals surface area contributed by atoms with Crippen LogP contribution in [0.4, 0.5) is 21.5 Å². The third kappa shape index (κ3) is 2.84. The highest BCUT2D eigenvalue weighted by molar-refractivity contribution is 14.1. The zero-order valence-corrected chi connectivity index (χ0v) is 12.8. The molecule has 0 aliphatic carbocycles. The standard InChI is InChI=1S/C12H10ClFIN3O/c1-18-5-8(16)11(10(13)12(18)19)17-9-3-2-6(15)4-7(9)14/h2-5,17H,16H2,1H3. The molecule has 0 aliphatic rings. The Kier molecular flexibility index (Phi) is 4.00. The van der Waals surface area contributed by atoms with E-state index in [-0.39, 0.29) is 22.1 Å². The summed E-state index contributed by atoms with van der Waals surface area (Å²) in [6.45, 7) is 0. The molecule has 2 aromatic rings. The number of pyridine rings is 1. The number of aryl methyl sites for hydroxylation is 1. The van der Waals surface area contributed by atoms with E-state index in [1.165, 1.54) is 16.8 Å². The zero-order chi connectivity index (χ0) is 14.2. The van der Waals surface area contributed by atoms with E-state index in [9.17, 15) is 9.18 Å². The second kappa shape index (κ2) is 5.38. The van der Waals surface area contributed by atoms with Gasteiger partial charge in [0.05, 0.1) is 17.1 Å². The summed E-state index contributed by atoms with van der Waals surface area (Å²) < 4.78 is 15.8. The molecule has 4 nitrogen and oxygen atoms in total. The Balaban J connectivity index is 2.50. The van der Waals surface area contributed by atoms with Crippen molar-refractivity contribution >= 4 is 51.3 Å². The first-order valence-electron chi connectivity index (χ1n) is 5.27. The fourth-order valence-electron chi connectivity index (χ4n) is 1.57. The van der Waals surface area contributed by atoms with Gasteiger partial charge in [-0.25, -0.2) is 4.39 Å². The van der Waals surface area contributed by atoms with E-state index in [2.05, 4.69) is 5.32 Å². The monoisotopic (exact) mass is 393 g/mol. The summed E-state index contributed by atoms with van der Waals surface area (Å²) in [5.41, 5.74) is 6.08. The van der Waals surface area contributed by atoms with Crippen molar-refractivity contribution in [3.05, 3.63) is 49.2 Å². The molecule has 19 heavy (non-hydrogen) atoms. The van der Waals surface area contributed by atoms with Gasteiger partial charge in [0.2, 0.25) is 0 Å². The molecule has 0 bridgehead atoms. The Hall–Kier alpha value is -1.28. The van der Waals surface area contributed by atoms with Crippen molar-refractivity contribution in [3.63, 3.8) is 0 Å². The number of nitrogens with two attached hydrogens (primary N) is 1. The van der Waals surface area contributed by atoms with Gasteiger partial charge in [0.1, 0.15) is 10.8 Å². The lowest BCUT2D eigenvalue weighted by molar-refractivity contribution is 0.631. The van der Waals surface area contributed by atoms with Crippen molar-refractivity contribution in [1.82, 2.24) is 4.57 Å². The second-order valence-corrected chi connectivity index (χ2v) is 5.56. The molecule has 7 heteroatoms. The van der Waals surface area contributed by atoms with Gasteiger partial charge in [-0.05, 0) is 40.8 Å². The molecule has 0 spiro atoms. The van der Waals surface area contributed by atoms with E-state index < -0.39 is 11.4 Å². The average Bonchev–Trinajstić information content (AvgIpc) is 2.34. The van der Waals surface area contributed by atoms with Gasteiger partial charge < -0.3 is 15.6 Å². The maximum atomic E-state index is 13.7. The van der Waals surface area contributed by atoms with Crippen molar-refractivity contribution in [2.45, 2.75) is 0 Å². The molecule has 0 radical (unpaired) electrons. The van der Waals surface area contributed by atoms with Crippen LogP contribution in [0.1, 0.15) is 0 Å². The molecule has 100 valence electrons. The molecule has 0 atom stereocenters. The van der Waals surface area contributed by atoms with Gasteiger partial charge in [-0.3, -0.25) is 4.79 Å². The zero-order valence-electron chi connectivity index (χ0n) is 9.88. The lowest BCUT2D eigenvalue weighted by atomic mass is 10.2. The molecular formula is C12H10ClFIN3O. The van der Waals surface area contributed by atoms with Gasteiger partial charge in [-0.2, -0.15) is 0 Å². The molecular weight excluding hydrogens is 384 g/mol. The molecule has 1 aromatic carbocycles. The van der Waals surface area contributed by atoms with Crippen molar-refractivity contribution in [2.75, 3.05) is 11.1 Å². The fourth-order valence-corrected chi connectivity index (χ4v) is 2.32. The molecule has 0 amide bonds. The summed E-state index contributed by atoms with van der Waals surface area (Å²) in [5.74, 6) is -0.442. The van der Waals surface area contributed by atoms with E-state index in [1.807, 2.05) is 22.6 Å². The highest BCUT2D eigenvalue weighted by Crippen LogP contribution is 2.29. The van der Waals surface area contributed by atoms with Crippen LogP contribution in [-0.2, 0) is 7.05 Å². The number of benzene rings is 1. The number of rotatable bonds is 2. The summed E-state index contributed by atoms with van der Waals surface area (Å²) in [5, 5.41) is 2.69. The van der Waals surface area contributed by atoms with Gasteiger partial charge in [0.25, 0.3) is 5.56 Å². The molecule has 1 heterocycles. The summed E-state index contributed by atoms with van der Waals surface area (Å²) in [6, 6.07) is 4.66. The Morgan fingerprint density at radius 3 is 2.79 bits per heavy atom. The minimum absolute atomic E-state index is 0.0690. The van der Waals surface area contributed by atoms with Crippen molar-refractivity contribution in [1.29, 1.82) is 0 Å². The summed E-state index contributed by atoms with van der Waals surface area (Å²) in [4.78, 5) is 11.7. The van der Waals surface area contributed by atoms with E-state index in [0.717, 1.165) is 3.57 Å². The van der Waals surface area contributed by atoms with E-state index in [4.69, 9.17) is 17.3 Å². The van der Waals surface area contributed by atoms with Crippen LogP contribution in [0.3, 0.4) is 0 Å². The van der Waals surface area contributed by atoms with Crippen LogP contribution in [0.25, 0.3) is 0 Å². The molecule has 0 saturated carbocycles. The Labute approximate surface area is 127 Å². The van der Waals surface area contributed by atoms with Crippen LogP contribution in [0.15, 0.2) is 29.2 Å². The van der Waals surface area contributed by atoms with E-state index in [0.29, 0.717) is 0 Å². The number of nitrogens with one attached hydrogen (secondary N) is 1. The summed E-state index contributed by atoms with van der Waals surface area (Å²) >= 11 is 7.94. The summed E-state index contributed by atoms with van der Waals surface area (Å²) in [7, 11) is 1.54. The molecule has 0 unspecified atom stereocenters. The third-order valence-electron chi connectivity index (χ3n) is 2.54.